The zero-order chi connectivity index (χ0) is 14.7. The second-order valence-corrected chi connectivity index (χ2v) is 4.74. The van der Waals surface area contributed by atoms with Crippen LogP contribution >= 0.6 is 0 Å². The highest BCUT2D eigenvalue weighted by Gasteiger charge is 2.14. The molecule has 0 radical (unpaired) electrons. The lowest BCUT2D eigenvalue weighted by Gasteiger charge is -2.13. The Labute approximate surface area is 116 Å². The lowest BCUT2D eigenvalue weighted by molar-refractivity contribution is -0.385. The zero-order valence-corrected chi connectivity index (χ0v) is 11.7. The van der Waals surface area contributed by atoms with Gasteiger partial charge in [-0.2, -0.15) is 5.10 Å². The number of benzene rings is 1. The third-order valence-corrected chi connectivity index (χ3v) is 3.14. The molecule has 1 heterocycles. The Balaban J connectivity index is 2.07. The maximum absolute atomic E-state index is 10.9. The topological polar surface area (TPSA) is 85.9 Å². The number of nitrogens with one attached hydrogen (secondary N) is 1. The summed E-state index contributed by atoms with van der Waals surface area (Å²) in [6, 6.07) is 5.26. The molecule has 0 aliphatic rings. The molecule has 0 spiro atoms. The van der Waals surface area contributed by atoms with Crippen molar-refractivity contribution in [2.45, 2.75) is 26.4 Å². The van der Waals surface area contributed by atoms with Crippen LogP contribution in [0, 0.1) is 17.0 Å². The number of hydrogen-bond donors (Lipinski definition) is 1. The van der Waals surface area contributed by atoms with Crippen molar-refractivity contribution in [1.29, 1.82) is 0 Å². The van der Waals surface area contributed by atoms with E-state index < -0.39 is 0 Å². The van der Waals surface area contributed by atoms with Crippen molar-refractivity contribution < 1.29 is 4.92 Å². The summed E-state index contributed by atoms with van der Waals surface area (Å²) in [5, 5.41) is 18.4. The van der Waals surface area contributed by atoms with E-state index in [4.69, 9.17) is 0 Å². The largest absolute Gasteiger partial charge is 0.303 e. The van der Waals surface area contributed by atoms with Gasteiger partial charge in [-0.25, -0.2) is 4.98 Å². The van der Waals surface area contributed by atoms with Gasteiger partial charge < -0.3 is 5.32 Å². The van der Waals surface area contributed by atoms with Gasteiger partial charge in [0.1, 0.15) is 6.33 Å². The summed E-state index contributed by atoms with van der Waals surface area (Å²) in [5.41, 5.74) is 1.68. The number of aryl methyl sites for hydroxylation is 2. The van der Waals surface area contributed by atoms with Gasteiger partial charge in [-0.1, -0.05) is 12.1 Å². The molecule has 2 aromatic rings. The molecule has 0 bridgehead atoms. The first-order chi connectivity index (χ1) is 9.47. The Hall–Kier alpha value is -2.28. The van der Waals surface area contributed by atoms with Crippen molar-refractivity contribution in [3.63, 3.8) is 0 Å². The molecular weight excluding hydrogens is 258 g/mol. The van der Waals surface area contributed by atoms with E-state index in [-0.39, 0.29) is 16.7 Å². The van der Waals surface area contributed by atoms with Crippen molar-refractivity contribution >= 4 is 5.69 Å². The summed E-state index contributed by atoms with van der Waals surface area (Å²) in [6.45, 7) is 4.21. The quantitative estimate of drug-likeness (QED) is 0.665. The minimum atomic E-state index is -0.355. The van der Waals surface area contributed by atoms with Crippen LogP contribution in [0.3, 0.4) is 0 Å². The summed E-state index contributed by atoms with van der Waals surface area (Å²) in [4.78, 5) is 14.7. The third-order valence-electron chi connectivity index (χ3n) is 3.14. The van der Waals surface area contributed by atoms with E-state index in [2.05, 4.69) is 15.4 Å². The van der Waals surface area contributed by atoms with E-state index in [1.807, 2.05) is 20.0 Å². The van der Waals surface area contributed by atoms with Crippen molar-refractivity contribution in [3.8, 4) is 0 Å². The van der Waals surface area contributed by atoms with Gasteiger partial charge in [-0.3, -0.25) is 14.8 Å². The maximum Gasteiger partial charge on any atom is 0.272 e. The smallest absolute Gasteiger partial charge is 0.272 e. The number of nitro groups is 1. The molecule has 1 aromatic carbocycles. The highest BCUT2D eigenvalue weighted by atomic mass is 16.6. The summed E-state index contributed by atoms with van der Waals surface area (Å²) in [7, 11) is 1.81. The van der Waals surface area contributed by atoms with Crippen molar-refractivity contribution in [2.75, 3.05) is 0 Å². The molecule has 2 rings (SSSR count). The van der Waals surface area contributed by atoms with E-state index in [0.717, 1.165) is 5.56 Å². The molecule has 0 fully saturated rings. The van der Waals surface area contributed by atoms with E-state index in [0.29, 0.717) is 17.9 Å². The van der Waals surface area contributed by atoms with Gasteiger partial charge in [0.15, 0.2) is 5.82 Å². The minimum absolute atomic E-state index is 0.0156. The molecular formula is C13H17N5O2. The lowest BCUT2D eigenvalue weighted by atomic mass is 10.0. The highest BCUT2D eigenvalue weighted by molar-refractivity contribution is 5.43. The molecule has 7 heteroatoms. The maximum atomic E-state index is 10.9. The van der Waals surface area contributed by atoms with Crippen LogP contribution in [0.5, 0.6) is 0 Å². The molecule has 1 aromatic heterocycles. The fourth-order valence-electron chi connectivity index (χ4n) is 1.92. The number of hydrogen-bond acceptors (Lipinski definition) is 5. The average molecular weight is 275 g/mol. The fraction of sp³-hybridized carbons (Fsp3) is 0.385. The molecule has 1 atom stereocenters. The Morgan fingerprint density at radius 1 is 1.50 bits per heavy atom. The fourth-order valence-corrected chi connectivity index (χ4v) is 1.92. The SMILES string of the molecule is Cc1ccc(C(C)NCc2ncn(C)n2)cc1[N+](=O)[O-]. The second-order valence-electron chi connectivity index (χ2n) is 4.74. The van der Waals surface area contributed by atoms with Crippen LogP contribution in [-0.2, 0) is 13.6 Å². The van der Waals surface area contributed by atoms with E-state index in [9.17, 15) is 10.1 Å². The van der Waals surface area contributed by atoms with Crippen LogP contribution < -0.4 is 5.32 Å². The predicted octanol–water partition coefficient (Wildman–Crippen LogP) is 1.88. The summed E-state index contributed by atoms with van der Waals surface area (Å²) in [6.07, 6.45) is 1.64. The van der Waals surface area contributed by atoms with Gasteiger partial charge in [0.2, 0.25) is 0 Å². The Morgan fingerprint density at radius 2 is 2.25 bits per heavy atom. The van der Waals surface area contributed by atoms with Crippen molar-refractivity contribution in [1.82, 2.24) is 20.1 Å². The van der Waals surface area contributed by atoms with Gasteiger partial charge in [0.05, 0.1) is 11.5 Å². The molecule has 20 heavy (non-hydrogen) atoms. The van der Waals surface area contributed by atoms with Crippen molar-refractivity contribution in [3.05, 3.63) is 51.6 Å². The monoisotopic (exact) mass is 275 g/mol. The molecule has 7 nitrogen and oxygen atoms in total. The Morgan fingerprint density at radius 3 is 2.85 bits per heavy atom. The second kappa shape index (κ2) is 5.79. The van der Waals surface area contributed by atoms with Gasteiger partial charge >= 0.3 is 0 Å². The minimum Gasteiger partial charge on any atom is -0.303 e. The summed E-state index contributed by atoms with van der Waals surface area (Å²) >= 11 is 0. The zero-order valence-electron chi connectivity index (χ0n) is 11.7. The van der Waals surface area contributed by atoms with Crippen LogP contribution in [-0.4, -0.2) is 19.7 Å². The van der Waals surface area contributed by atoms with Crippen LogP contribution in [0.4, 0.5) is 5.69 Å². The molecule has 1 unspecified atom stereocenters. The first-order valence-corrected chi connectivity index (χ1v) is 6.30. The number of nitro benzene ring substituents is 1. The van der Waals surface area contributed by atoms with Gasteiger partial charge in [0, 0.05) is 24.7 Å². The van der Waals surface area contributed by atoms with E-state index in [1.165, 1.54) is 0 Å². The van der Waals surface area contributed by atoms with Crippen molar-refractivity contribution in [2.24, 2.45) is 7.05 Å². The predicted molar refractivity (Wildman–Crippen MR) is 74.1 cm³/mol. The first kappa shape index (κ1) is 14.1. The van der Waals surface area contributed by atoms with Gasteiger partial charge in [0.25, 0.3) is 5.69 Å². The van der Waals surface area contributed by atoms with Crippen LogP contribution in [0.2, 0.25) is 0 Å². The third kappa shape index (κ3) is 3.18. The number of rotatable bonds is 5. The Kier molecular flexibility index (Phi) is 4.09. The number of aromatic nitrogens is 3. The molecule has 0 aliphatic heterocycles. The van der Waals surface area contributed by atoms with Crippen LogP contribution in [0.15, 0.2) is 24.5 Å². The van der Waals surface area contributed by atoms with Gasteiger partial charge in [-0.05, 0) is 19.4 Å². The van der Waals surface area contributed by atoms with Gasteiger partial charge in [-0.15, -0.1) is 0 Å². The van der Waals surface area contributed by atoms with Crippen LogP contribution in [0.1, 0.15) is 29.9 Å². The van der Waals surface area contributed by atoms with Crippen LogP contribution in [0.25, 0.3) is 0 Å². The molecule has 0 saturated heterocycles. The highest BCUT2D eigenvalue weighted by Crippen LogP contribution is 2.23. The average Bonchev–Trinajstić information content (AvgIpc) is 2.82. The van der Waals surface area contributed by atoms with E-state index in [1.54, 1.807) is 30.1 Å². The first-order valence-electron chi connectivity index (χ1n) is 6.30. The molecule has 0 amide bonds. The Bertz CT molecular complexity index is 623. The molecule has 0 saturated carbocycles. The molecule has 106 valence electrons. The lowest BCUT2D eigenvalue weighted by Crippen LogP contribution is -2.19. The summed E-state index contributed by atoms with van der Waals surface area (Å²) < 4.78 is 1.64. The number of nitrogens with zero attached hydrogens (tertiary/aromatic N) is 4. The molecule has 0 aliphatic carbocycles. The summed E-state index contributed by atoms with van der Waals surface area (Å²) in [5.74, 6) is 0.695. The standard InChI is InChI=1S/C13H17N5O2/c1-9-4-5-11(6-12(9)18(19)20)10(2)14-7-13-15-8-17(3)16-13/h4-6,8,10,14H,7H2,1-3H3. The normalized spacial score (nSPS) is 12.3. The van der Waals surface area contributed by atoms with E-state index >= 15 is 0 Å². The molecule has 1 N–H and O–H groups in total.